The van der Waals surface area contributed by atoms with Gasteiger partial charge in [-0.1, -0.05) is 32.0 Å². The van der Waals surface area contributed by atoms with Gasteiger partial charge in [-0.15, -0.1) is 0 Å². The second-order valence-corrected chi connectivity index (χ2v) is 7.93. The van der Waals surface area contributed by atoms with E-state index in [0.29, 0.717) is 12.2 Å². The van der Waals surface area contributed by atoms with Crippen LogP contribution in [0.25, 0.3) is 0 Å². The van der Waals surface area contributed by atoms with E-state index in [1.807, 2.05) is 19.9 Å². The van der Waals surface area contributed by atoms with Crippen LogP contribution in [0.15, 0.2) is 24.3 Å². The van der Waals surface area contributed by atoms with E-state index < -0.39 is 5.60 Å². The van der Waals surface area contributed by atoms with Gasteiger partial charge in [-0.3, -0.25) is 0 Å². The van der Waals surface area contributed by atoms with Crippen molar-refractivity contribution in [1.82, 2.24) is 0 Å². The molecular formula is C21H31FO4. The summed E-state index contributed by atoms with van der Waals surface area (Å²) in [6.45, 7) is 11.0. The smallest absolute Gasteiger partial charge is 0.155 e. The molecule has 1 aromatic carbocycles. The molecule has 0 radical (unpaired) electrons. The number of rotatable bonds is 8. The first-order valence-corrected chi connectivity index (χ1v) is 9.64. The van der Waals surface area contributed by atoms with Crippen LogP contribution in [-0.4, -0.2) is 36.3 Å². The highest BCUT2D eigenvalue weighted by Crippen LogP contribution is 2.56. The molecule has 26 heavy (non-hydrogen) atoms. The molecule has 0 aromatic heterocycles. The Morgan fingerprint density at radius 3 is 2.58 bits per heavy atom. The van der Waals surface area contributed by atoms with Gasteiger partial charge >= 0.3 is 0 Å². The topological polar surface area (TPSA) is 36.9 Å². The van der Waals surface area contributed by atoms with Crippen molar-refractivity contribution in [2.75, 3.05) is 6.61 Å². The maximum Gasteiger partial charge on any atom is 0.155 e. The summed E-state index contributed by atoms with van der Waals surface area (Å²) in [6, 6.07) is 6.72. The quantitative estimate of drug-likeness (QED) is 0.637. The highest BCUT2D eigenvalue weighted by atomic mass is 19.1. The summed E-state index contributed by atoms with van der Waals surface area (Å²) in [7, 11) is 0. The van der Waals surface area contributed by atoms with Crippen LogP contribution in [-0.2, 0) is 25.6 Å². The van der Waals surface area contributed by atoms with Crippen LogP contribution in [0, 0.1) is 11.7 Å². The minimum atomic E-state index is -0.424. The Kier molecular flexibility index (Phi) is 5.73. The summed E-state index contributed by atoms with van der Waals surface area (Å²) in [5.41, 5.74) is -0.263. The van der Waals surface area contributed by atoms with Crippen molar-refractivity contribution in [1.29, 1.82) is 0 Å². The van der Waals surface area contributed by atoms with E-state index in [-0.39, 0.29) is 42.4 Å². The first-order chi connectivity index (χ1) is 12.3. The van der Waals surface area contributed by atoms with E-state index in [4.69, 9.17) is 18.9 Å². The lowest BCUT2D eigenvalue weighted by Gasteiger charge is -2.40. The average molecular weight is 366 g/mol. The molecule has 0 saturated carbocycles. The Morgan fingerprint density at radius 2 is 1.92 bits per heavy atom. The molecule has 0 aliphatic carbocycles. The van der Waals surface area contributed by atoms with E-state index in [0.717, 1.165) is 12.8 Å². The number of hydrogen-bond donors (Lipinski definition) is 0. The first kappa shape index (κ1) is 19.7. The second kappa shape index (κ2) is 7.55. The van der Waals surface area contributed by atoms with E-state index in [1.165, 1.54) is 6.07 Å². The van der Waals surface area contributed by atoms with Gasteiger partial charge in [-0.25, -0.2) is 4.39 Å². The SMILES string of the molecule is CCOC(C)O[C@@H]1[C@@H](OCc2ccccc2F)[C@]2(C)CC[C@@]1(C(C)C)O2. The van der Waals surface area contributed by atoms with Crippen molar-refractivity contribution >= 4 is 0 Å². The third-order valence-corrected chi connectivity index (χ3v) is 5.89. The summed E-state index contributed by atoms with van der Waals surface area (Å²) in [5.74, 6) is 0.0330. The molecule has 1 unspecified atom stereocenters. The molecule has 0 N–H and O–H groups in total. The molecule has 2 aliphatic rings. The second-order valence-electron chi connectivity index (χ2n) is 7.93. The van der Waals surface area contributed by atoms with Crippen LogP contribution in [0.3, 0.4) is 0 Å². The average Bonchev–Trinajstić information content (AvgIpc) is 3.06. The van der Waals surface area contributed by atoms with Crippen LogP contribution >= 0.6 is 0 Å². The van der Waals surface area contributed by atoms with Gasteiger partial charge in [-0.05, 0) is 45.6 Å². The standard InChI is InChI=1S/C21H31FO4/c1-6-23-15(4)25-19-18(24-13-16-9-7-8-10-17(16)22)20(5)11-12-21(19,26-20)14(2)3/h7-10,14-15,18-19H,6,11-13H2,1-5H3/t15?,18-,19-,20+,21+/m1/s1. The lowest BCUT2D eigenvalue weighted by Crippen LogP contribution is -2.54. The Hall–Kier alpha value is -1.01. The fraction of sp³-hybridized carbons (Fsp3) is 0.714. The molecule has 2 bridgehead atoms. The van der Waals surface area contributed by atoms with Gasteiger partial charge < -0.3 is 18.9 Å². The fourth-order valence-electron chi connectivity index (χ4n) is 4.42. The zero-order valence-corrected chi connectivity index (χ0v) is 16.5. The molecule has 1 aromatic rings. The van der Waals surface area contributed by atoms with Crippen LogP contribution in [0.4, 0.5) is 4.39 Å². The summed E-state index contributed by atoms with van der Waals surface area (Å²) in [5, 5.41) is 0. The van der Waals surface area contributed by atoms with Crippen LogP contribution < -0.4 is 0 Å². The highest BCUT2D eigenvalue weighted by molar-refractivity contribution is 5.19. The molecule has 2 heterocycles. The lowest BCUT2D eigenvalue weighted by molar-refractivity contribution is -0.216. The molecule has 146 valence electrons. The molecule has 5 heteroatoms. The molecule has 2 aliphatic heterocycles. The fourth-order valence-corrected chi connectivity index (χ4v) is 4.42. The molecule has 4 nitrogen and oxygen atoms in total. The molecule has 0 spiro atoms. The molecule has 3 rings (SSSR count). The Labute approximate surface area is 156 Å². The van der Waals surface area contributed by atoms with Gasteiger partial charge in [0, 0.05) is 12.2 Å². The number of halogens is 1. The van der Waals surface area contributed by atoms with E-state index in [9.17, 15) is 4.39 Å². The molecule has 0 amide bonds. The first-order valence-electron chi connectivity index (χ1n) is 9.64. The Balaban J connectivity index is 1.82. The molecule has 2 fully saturated rings. The van der Waals surface area contributed by atoms with Crippen molar-refractivity contribution in [3.05, 3.63) is 35.6 Å². The van der Waals surface area contributed by atoms with Gasteiger partial charge in [-0.2, -0.15) is 0 Å². The number of fused-ring (bicyclic) bond motifs is 2. The van der Waals surface area contributed by atoms with Gasteiger partial charge in [0.1, 0.15) is 23.6 Å². The maximum atomic E-state index is 14.0. The summed E-state index contributed by atoms with van der Waals surface area (Å²) >= 11 is 0. The van der Waals surface area contributed by atoms with E-state index in [2.05, 4.69) is 20.8 Å². The monoisotopic (exact) mass is 366 g/mol. The van der Waals surface area contributed by atoms with Crippen LogP contribution in [0.5, 0.6) is 0 Å². The predicted octanol–water partition coefficient (Wildman–Crippen LogP) is 4.46. The van der Waals surface area contributed by atoms with Gasteiger partial charge in [0.2, 0.25) is 0 Å². The molecule has 5 atom stereocenters. The summed E-state index contributed by atoms with van der Waals surface area (Å²) in [6.07, 6.45) is 1.00. The third kappa shape index (κ3) is 3.42. The van der Waals surface area contributed by atoms with Crippen molar-refractivity contribution in [3.8, 4) is 0 Å². The predicted molar refractivity (Wildman–Crippen MR) is 97.2 cm³/mol. The van der Waals surface area contributed by atoms with Crippen molar-refractivity contribution in [2.45, 2.75) is 83.8 Å². The number of ether oxygens (including phenoxy) is 4. The van der Waals surface area contributed by atoms with Crippen LogP contribution in [0.2, 0.25) is 0 Å². The van der Waals surface area contributed by atoms with Crippen LogP contribution in [0.1, 0.15) is 53.0 Å². The highest BCUT2D eigenvalue weighted by Gasteiger charge is 2.68. The third-order valence-electron chi connectivity index (χ3n) is 5.89. The van der Waals surface area contributed by atoms with E-state index in [1.54, 1.807) is 12.1 Å². The zero-order chi connectivity index (χ0) is 18.9. The maximum absolute atomic E-state index is 14.0. The van der Waals surface area contributed by atoms with Crippen molar-refractivity contribution < 1.29 is 23.3 Å². The molecule has 2 saturated heterocycles. The summed E-state index contributed by atoms with van der Waals surface area (Å²) in [4.78, 5) is 0. The Morgan fingerprint density at radius 1 is 1.19 bits per heavy atom. The van der Waals surface area contributed by atoms with Gasteiger partial charge in [0.15, 0.2) is 6.29 Å². The number of hydrogen-bond acceptors (Lipinski definition) is 4. The van der Waals surface area contributed by atoms with E-state index >= 15 is 0 Å². The number of benzene rings is 1. The summed E-state index contributed by atoms with van der Waals surface area (Å²) < 4.78 is 38.6. The Bertz CT molecular complexity index is 622. The normalized spacial score (nSPS) is 34.6. The minimum absolute atomic E-state index is 0.202. The zero-order valence-electron chi connectivity index (χ0n) is 16.5. The van der Waals surface area contributed by atoms with Crippen molar-refractivity contribution in [3.63, 3.8) is 0 Å². The minimum Gasteiger partial charge on any atom is -0.368 e. The lowest BCUT2D eigenvalue weighted by atomic mass is 9.73. The largest absolute Gasteiger partial charge is 0.368 e. The molecular weight excluding hydrogens is 335 g/mol. The van der Waals surface area contributed by atoms with Gasteiger partial charge in [0.25, 0.3) is 0 Å². The van der Waals surface area contributed by atoms with Gasteiger partial charge in [0.05, 0.1) is 12.2 Å². The van der Waals surface area contributed by atoms with Crippen molar-refractivity contribution in [2.24, 2.45) is 5.92 Å².